The van der Waals surface area contributed by atoms with E-state index >= 15 is 0 Å². The Morgan fingerprint density at radius 1 is 1.15 bits per heavy atom. The van der Waals surface area contributed by atoms with Gasteiger partial charge in [0.1, 0.15) is 0 Å². The van der Waals surface area contributed by atoms with Gasteiger partial charge in [0.15, 0.2) is 0 Å². The number of aromatic nitrogens is 1. The first-order chi connectivity index (χ1) is 5.92. The molecule has 2 heteroatoms. The summed E-state index contributed by atoms with van der Waals surface area (Å²) < 4.78 is 2.24. The van der Waals surface area contributed by atoms with E-state index in [9.17, 15) is 0 Å². The molecule has 13 heavy (non-hydrogen) atoms. The second-order valence-electron chi connectivity index (χ2n) is 2.92. The Bertz CT molecular complexity index is 378. The standard InChI is InChI=1S/C11H12N.Co/c1-2-8-12-9-7-10-5-3-4-6-11(10)12;/h3-7,9H,1-2,8H2;/q-1;. The van der Waals surface area contributed by atoms with E-state index < -0.39 is 0 Å². The summed E-state index contributed by atoms with van der Waals surface area (Å²) in [6.07, 6.45) is 3.06. The summed E-state index contributed by atoms with van der Waals surface area (Å²) in [5.41, 5.74) is 1.31. The molecule has 1 nitrogen and oxygen atoms in total. The van der Waals surface area contributed by atoms with Gasteiger partial charge in [0, 0.05) is 28.5 Å². The molecular weight excluding hydrogens is 205 g/mol. The molecule has 0 fully saturated rings. The van der Waals surface area contributed by atoms with E-state index in [0.717, 1.165) is 13.0 Å². The van der Waals surface area contributed by atoms with Crippen molar-refractivity contribution < 1.29 is 16.8 Å². The first kappa shape index (κ1) is 10.3. The molecule has 0 aliphatic rings. The van der Waals surface area contributed by atoms with Crippen LogP contribution in [-0.4, -0.2) is 4.57 Å². The van der Waals surface area contributed by atoms with Gasteiger partial charge in [0.05, 0.1) is 0 Å². The third-order valence-corrected chi connectivity index (χ3v) is 2.08. The molecule has 0 atom stereocenters. The number of hydrogen-bond donors (Lipinski definition) is 0. The first-order valence-corrected chi connectivity index (χ1v) is 4.25. The summed E-state index contributed by atoms with van der Waals surface area (Å²) in [5.74, 6) is 0. The molecule has 0 amide bonds. The van der Waals surface area contributed by atoms with Crippen molar-refractivity contribution in [2.75, 3.05) is 0 Å². The molecule has 0 spiro atoms. The van der Waals surface area contributed by atoms with Crippen LogP contribution < -0.4 is 0 Å². The molecule has 1 heterocycles. The van der Waals surface area contributed by atoms with Crippen LogP contribution in [0.4, 0.5) is 0 Å². The van der Waals surface area contributed by atoms with Gasteiger partial charge < -0.3 is 11.5 Å². The fraction of sp³-hybridized carbons (Fsp3) is 0.182. The van der Waals surface area contributed by atoms with Crippen LogP contribution in [0.3, 0.4) is 0 Å². The van der Waals surface area contributed by atoms with Crippen LogP contribution in [-0.2, 0) is 23.3 Å². The molecule has 0 aliphatic heterocycles. The molecule has 0 aliphatic carbocycles. The second kappa shape index (κ2) is 4.49. The molecule has 0 N–H and O–H groups in total. The zero-order valence-electron chi connectivity index (χ0n) is 7.37. The average molecular weight is 217 g/mol. The van der Waals surface area contributed by atoms with Crippen molar-refractivity contribution in [1.82, 2.24) is 4.57 Å². The molecule has 2 aromatic rings. The maximum atomic E-state index is 3.85. The Labute approximate surface area is 88.9 Å². The van der Waals surface area contributed by atoms with Crippen molar-refractivity contribution in [3.05, 3.63) is 43.5 Å². The van der Waals surface area contributed by atoms with E-state index in [1.54, 1.807) is 0 Å². The van der Waals surface area contributed by atoms with Gasteiger partial charge in [-0.15, -0.1) is 0 Å². The number of benzene rings is 1. The minimum atomic E-state index is 0. The van der Waals surface area contributed by atoms with Gasteiger partial charge in [-0.3, -0.25) is 0 Å². The Balaban J connectivity index is 0.000000845. The van der Waals surface area contributed by atoms with Crippen molar-refractivity contribution in [2.24, 2.45) is 0 Å². The Hall–Kier alpha value is -0.734. The van der Waals surface area contributed by atoms with Gasteiger partial charge >= 0.3 is 0 Å². The van der Waals surface area contributed by atoms with E-state index in [4.69, 9.17) is 0 Å². The minimum absolute atomic E-state index is 0. The van der Waals surface area contributed by atoms with E-state index in [2.05, 4.69) is 48.0 Å². The molecule has 0 unspecified atom stereocenters. The molecule has 0 saturated carbocycles. The SMILES string of the molecule is [CH2-]CCn1ccc2ccccc21.[Co]. The molecule has 1 radical (unpaired) electrons. The van der Waals surface area contributed by atoms with Crippen molar-refractivity contribution >= 4 is 10.9 Å². The maximum Gasteiger partial charge on any atom is 0.0479 e. The summed E-state index contributed by atoms with van der Waals surface area (Å²) in [5, 5.41) is 1.31. The van der Waals surface area contributed by atoms with Crippen LogP contribution in [0.1, 0.15) is 6.42 Å². The fourth-order valence-electron chi connectivity index (χ4n) is 1.51. The summed E-state index contributed by atoms with van der Waals surface area (Å²) >= 11 is 0. The van der Waals surface area contributed by atoms with Gasteiger partial charge in [0.2, 0.25) is 0 Å². The quantitative estimate of drug-likeness (QED) is 0.681. The smallest absolute Gasteiger partial charge is 0.0479 e. The summed E-state index contributed by atoms with van der Waals surface area (Å²) in [6.45, 7) is 4.85. The predicted molar refractivity (Wildman–Crippen MR) is 51.9 cm³/mol. The number of rotatable bonds is 2. The molecular formula is C11H12CoN-. The minimum Gasteiger partial charge on any atom is -0.350 e. The predicted octanol–water partition coefficient (Wildman–Crippen LogP) is 2.86. The van der Waals surface area contributed by atoms with Crippen molar-refractivity contribution in [1.29, 1.82) is 0 Å². The monoisotopic (exact) mass is 217 g/mol. The van der Waals surface area contributed by atoms with Crippen molar-refractivity contribution in [3.8, 4) is 0 Å². The van der Waals surface area contributed by atoms with Crippen LogP contribution in [0, 0.1) is 6.92 Å². The topological polar surface area (TPSA) is 4.93 Å². The van der Waals surface area contributed by atoms with Crippen LogP contribution in [0.25, 0.3) is 10.9 Å². The molecule has 71 valence electrons. The molecule has 0 saturated heterocycles. The summed E-state index contributed by atoms with van der Waals surface area (Å²) in [6, 6.07) is 10.6. The Kier molecular flexibility index (Phi) is 3.57. The van der Waals surface area contributed by atoms with Crippen LogP contribution >= 0.6 is 0 Å². The third-order valence-electron chi connectivity index (χ3n) is 2.08. The number of para-hydroxylation sites is 1. The zero-order chi connectivity index (χ0) is 8.39. The number of nitrogens with zero attached hydrogens (tertiary/aromatic N) is 1. The number of aryl methyl sites for hydroxylation is 1. The average Bonchev–Trinajstić information content (AvgIpc) is 2.50. The second-order valence-corrected chi connectivity index (χ2v) is 2.92. The Morgan fingerprint density at radius 2 is 1.92 bits per heavy atom. The number of hydrogen-bond acceptors (Lipinski definition) is 0. The maximum absolute atomic E-state index is 3.85. The molecule has 0 bridgehead atoms. The van der Waals surface area contributed by atoms with Gasteiger partial charge in [0.25, 0.3) is 0 Å². The first-order valence-electron chi connectivity index (χ1n) is 4.25. The third kappa shape index (κ3) is 1.95. The van der Waals surface area contributed by atoms with E-state index in [1.807, 2.05) is 0 Å². The zero-order valence-corrected chi connectivity index (χ0v) is 8.41. The summed E-state index contributed by atoms with van der Waals surface area (Å²) in [4.78, 5) is 0. The van der Waals surface area contributed by atoms with Gasteiger partial charge in [-0.25, -0.2) is 0 Å². The fourth-order valence-corrected chi connectivity index (χ4v) is 1.51. The van der Waals surface area contributed by atoms with Crippen LogP contribution in [0.2, 0.25) is 0 Å². The van der Waals surface area contributed by atoms with Crippen LogP contribution in [0.15, 0.2) is 36.5 Å². The molecule has 1 aromatic carbocycles. The van der Waals surface area contributed by atoms with Gasteiger partial charge in [-0.1, -0.05) is 18.2 Å². The van der Waals surface area contributed by atoms with Crippen molar-refractivity contribution in [3.63, 3.8) is 0 Å². The van der Waals surface area contributed by atoms with E-state index in [0.29, 0.717) is 0 Å². The molecule has 1 aromatic heterocycles. The Morgan fingerprint density at radius 3 is 2.69 bits per heavy atom. The number of fused-ring (bicyclic) bond motifs is 1. The van der Waals surface area contributed by atoms with E-state index in [1.165, 1.54) is 10.9 Å². The van der Waals surface area contributed by atoms with Crippen molar-refractivity contribution in [2.45, 2.75) is 13.0 Å². The largest absolute Gasteiger partial charge is 0.350 e. The van der Waals surface area contributed by atoms with E-state index in [-0.39, 0.29) is 16.8 Å². The van der Waals surface area contributed by atoms with Gasteiger partial charge in [-0.2, -0.15) is 6.42 Å². The van der Waals surface area contributed by atoms with Gasteiger partial charge in [-0.05, 0) is 24.1 Å². The normalized spacial score (nSPS) is 9.92. The summed E-state index contributed by atoms with van der Waals surface area (Å²) in [7, 11) is 0. The van der Waals surface area contributed by atoms with Crippen LogP contribution in [0.5, 0.6) is 0 Å². The molecule has 2 rings (SSSR count).